The SMILES string of the molecule is Oc1ccccc1C1C=CCCC1Cl. The minimum Gasteiger partial charge on any atom is -0.508 e. The number of benzene rings is 1. The van der Waals surface area contributed by atoms with Crippen LogP contribution in [-0.4, -0.2) is 10.5 Å². The minimum absolute atomic E-state index is 0.105. The molecule has 0 radical (unpaired) electrons. The van der Waals surface area contributed by atoms with E-state index in [-0.39, 0.29) is 11.3 Å². The molecule has 0 aliphatic heterocycles. The zero-order valence-corrected chi connectivity index (χ0v) is 8.61. The van der Waals surface area contributed by atoms with Crippen LogP contribution in [0.2, 0.25) is 0 Å². The fourth-order valence-corrected chi connectivity index (χ4v) is 2.21. The van der Waals surface area contributed by atoms with Gasteiger partial charge in [-0.1, -0.05) is 30.4 Å². The molecule has 1 aliphatic rings. The molecule has 0 aromatic heterocycles. The molecule has 0 saturated carbocycles. The Labute approximate surface area is 89.0 Å². The molecule has 1 N–H and O–H groups in total. The summed E-state index contributed by atoms with van der Waals surface area (Å²) in [4.78, 5) is 0. The summed E-state index contributed by atoms with van der Waals surface area (Å²) in [5.74, 6) is 0.501. The van der Waals surface area contributed by atoms with E-state index in [2.05, 4.69) is 12.2 Å². The lowest BCUT2D eigenvalue weighted by atomic mass is 9.88. The first-order valence-corrected chi connectivity index (χ1v) is 5.31. The summed E-state index contributed by atoms with van der Waals surface area (Å²) < 4.78 is 0. The van der Waals surface area contributed by atoms with Gasteiger partial charge in [-0.3, -0.25) is 0 Å². The first kappa shape index (κ1) is 9.60. The predicted octanol–water partition coefficient (Wildman–Crippen LogP) is 3.43. The summed E-state index contributed by atoms with van der Waals surface area (Å²) in [6.45, 7) is 0. The molecule has 0 amide bonds. The van der Waals surface area contributed by atoms with Crippen LogP contribution >= 0.6 is 11.6 Å². The Morgan fingerprint density at radius 3 is 2.79 bits per heavy atom. The van der Waals surface area contributed by atoms with Crippen LogP contribution in [0.15, 0.2) is 36.4 Å². The fourth-order valence-electron chi connectivity index (χ4n) is 1.87. The van der Waals surface area contributed by atoms with Gasteiger partial charge in [-0.2, -0.15) is 0 Å². The number of hydrogen-bond acceptors (Lipinski definition) is 1. The van der Waals surface area contributed by atoms with Crippen molar-refractivity contribution < 1.29 is 5.11 Å². The number of hydrogen-bond donors (Lipinski definition) is 1. The van der Waals surface area contributed by atoms with E-state index in [9.17, 15) is 5.11 Å². The second kappa shape index (κ2) is 4.05. The Morgan fingerprint density at radius 2 is 2.07 bits per heavy atom. The van der Waals surface area contributed by atoms with Gasteiger partial charge in [0.15, 0.2) is 0 Å². The van der Waals surface area contributed by atoms with Crippen molar-refractivity contribution in [1.29, 1.82) is 0 Å². The molecule has 2 unspecified atom stereocenters. The van der Waals surface area contributed by atoms with Gasteiger partial charge in [0.25, 0.3) is 0 Å². The van der Waals surface area contributed by atoms with E-state index in [1.165, 1.54) is 0 Å². The number of alkyl halides is 1. The van der Waals surface area contributed by atoms with Crippen LogP contribution in [0.4, 0.5) is 0 Å². The van der Waals surface area contributed by atoms with E-state index in [1.807, 2.05) is 18.2 Å². The lowest BCUT2D eigenvalue weighted by Crippen LogP contribution is -2.13. The van der Waals surface area contributed by atoms with E-state index < -0.39 is 0 Å². The molecule has 1 aliphatic carbocycles. The third-order valence-electron chi connectivity index (χ3n) is 2.64. The second-order valence-corrected chi connectivity index (χ2v) is 4.17. The highest BCUT2D eigenvalue weighted by Gasteiger charge is 2.22. The molecule has 0 heterocycles. The maximum Gasteiger partial charge on any atom is 0.119 e. The van der Waals surface area contributed by atoms with Crippen molar-refractivity contribution in [3.8, 4) is 5.75 Å². The number of allylic oxidation sites excluding steroid dienone is 2. The van der Waals surface area contributed by atoms with E-state index in [0.717, 1.165) is 18.4 Å². The standard InChI is InChI=1S/C12H13ClO/c13-11-7-3-1-5-9(11)10-6-2-4-8-12(10)14/h1-2,4-6,8-9,11,14H,3,7H2. The van der Waals surface area contributed by atoms with Gasteiger partial charge in [0, 0.05) is 16.9 Å². The summed E-state index contributed by atoms with van der Waals surface area (Å²) in [6, 6.07) is 7.40. The maximum absolute atomic E-state index is 9.69. The van der Waals surface area contributed by atoms with Crippen LogP contribution in [0.25, 0.3) is 0 Å². The van der Waals surface area contributed by atoms with Crippen LogP contribution < -0.4 is 0 Å². The number of aromatic hydroxyl groups is 1. The molecule has 0 fully saturated rings. The number of para-hydroxylation sites is 1. The van der Waals surface area contributed by atoms with Gasteiger partial charge in [0.1, 0.15) is 5.75 Å². The molecule has 0 bridgehead atoms. The summed E-state index contributed by atoms with van der Waals surface area (Å²) in [5.41, 5.74) is 0.934. The van der Waals surface area contributed by atoms with Gasteiger partial charge in [0.05, 0.1) is 0 Å². The first-order valence-electron chi connectivity index (χ1n) is 4.87. The van der Waals surface area contributed by atoms with Crippen molar-refractivity contribution in [2.24, 2.45) is 0 Å². The van der Waals surface area contributed by atoms with Gasteiger partial charge in [-0.15, -0.1) is 11.6 Å². The van der Waals surface area contributed by atoms with E-state index in [1.54, 1.807) is 6.07 Å². The molecule has 2 heteroatoms. The Kier molecular flexibility index (Phi) is 2.78. The number of phenolic OH excluding ortho intramolecular Hbond substituents is 1. The molecular weight excluding hydrogens is 196 g/mol. The summed E-state index contributed by atoms with van der Waals surface area (Å²) in [7, 11) is 0. The fraction of sp³-hybridized carbons (Fsp3) is 0.333. The first-order chi connectivity index (χ1) is 6.79. The largest absolute Gasteiger partial charge is 0.508 e. The third-order valence-corrected chi connectivity index (χ3v) is 3.13. The molecule has 0 saturated heterocycles. The molecule has 1 aromatic rings. The van der Waals surface area contributed by atoms with Gasteiger partial charge in [-0.05, 0) is 18.9 Å². The molecular formula is C12H13ClO. The molecule has 2 atom stereocenters. The van der Waals surface area contributed by atoms with Crippen LogP contribution in [0.3, 0.4) is 0 Å². The number of phenols is 1. The number of halogens is 1. The van der Waals surface area contributed by atoms with E-state index in [0.29, 0.717) is 5.75 Å². The summed E-state index contributed by atoms with van der Waals surface area (Å²) >= 11 is 6.23. The quantitative estimate of drug-likeness (QED) is 0.554. The highest BCUT2D eigenvalue weighted by molar-refractivity contribution is 6.21. The van der Waals surface area contributed by atoms with Gasteiger partial charge in [-0.25, -0.2) is 0 Å². The lowest BCUT2D eigenvalue weighted by molar-refractivity contribution is 0.462. The van der Waals surface area contributed by atoms with Crippen molar-refractivity contribution >= 4 is 11.6 Å². The molecule has 74 valence electrons. The van der Waals surface area contributed by atoms with E-state index in [4.69, 9.17) is 11.6 Å². The average molecular weight is 209 g/mol. The second-order valence-electron chi connectivity index (χ2n) is 3.61. The predicted molar refractivity (Wildman–Crippen MR) is 58.9 cm³/mol. The smallest absolute Gasteiger partial charge is 0.119 e. The van der Waals surface area contributed by atoms with Crippen LogP contribution in [-0.2, 0) is 0 Å². The van der Waals surface area contributed by atoms with E-state index >= 15 is 0 Å². The summed E-state index contributed by atoms with van der Waals surface area (Å²) in [6.07, 6.45) is 6.25. The van der Waals surface area contributed by atoms with Crippen molar-refractivity contribution in [1.82, 2.24) is 0 Å². The zero-order chi connectivity index (χ0) is 9.97. The van der Waals surface area contributed by atoms with Gasteiger partial charge < -0.3 is 5.11 Å². The highest BCUT2D eigenvalue weighted by Crippen LogP contribution is 2.36. The Morgan fingerprint density at radius 1 is 1.29 bits per heavy atom. The Hall–Kier alpha value is -0.950. The average Bonchev–Trinajstić information content (AvgIpc) is 2.20. The number of rotatable bonds is 1. The maximum atomic E-state index is 9.69. The Balaban J connectivity index is 2.34. The van der Waals surface area contributed by atoms with Crippen LogP contribution in [0.1, 0.15) is 24.3 Å². The molecule has 1 nitrogen and oxygen atoms in total. The van der Waals surface area contributed by atoms with Crippen molar-refractivity contribution in [3.05, 3.63) is 42.0 Å². The summed E-state index contributed by atoms with van der Waals surface area (Å²) in [5, 5.41) is 9.79. The zero-order valence-electron chi connectivity index (χ0n) is 7.86. The topological polar surface area (TPSA) is 20.2 Å². The molecule has 14 heavy (non-hydrogen) atoms. The minimum atomic E-state index is 0.105. The Bertz CT molecular complexity index is 346. The van der Waals surface area contributed by atoms with Gasteiger partial charge in [0.2, 0.25) is 0 Å². The highest BCUT2D eigenvalue weighted by atomic mass is 35.5. The monoisotopic (exact) mass is 208 g/mol. The van der Waals surface area contributed by atoms with Crippen molar-refractivity contribution in [2.75, 3.05) is 0 Å². The van der Waals surface area contributed by atoms with Crippen molar-refractivity contribution in [2.45, 2.75) is 24.1 Å². The lowest BCUT2D eigenvalue weighted by Gasteiger charge is -2.23. The molecule has 2 rings (SSSR count). The van der Waals surface area contributed by atoms with Crippen LogP contribution in [0.5, 0.6) is 5.75 Å². The third kappa shape index (κ3) is 1.78. The normalized spacial score (nSPS) is 26.4. The van der Waals surface area contributed by atoms with Crippen molar-refractivity contribution in [3.63, 3.8) is 0 Å². The van der Waals surface area contributed by atoms with Crippen LogP contribution in [0, 0.1) is 0 Å². The van der Waals surface area contributed by atoms with Gasteiger partial charge >= 0.3 is 0 Å². The molecule has 0 spiro atoms. The molecule has 1 aromatic carbocycles.